The van der Waals surface area contributed by atoms with Crippen molar-refractivity contribution in [1.29, 1.82) is 0 Å². The number of nitrogens with zero attached hydrogens (tertiary/aromatic N) is 1. The predicted molar refractivity (Wildman–Crippen MR) is 73.4 cm³/mol. The van der Waals surface area contributed by atoms with Gasteiger partial charge < -0.3 is 0 Å². The maximum atomic E-state index is 12.0. The zero-order valence-corrected chi connectivity index (χ0v) is 11.6. The molecule has 1 aromatic carbocycles. The van der Waals surface area contributed by atoms with Crippen LogP contribution in [-0.4, -0.2) is 13.4 Å². The number of anilines is 1. The van der Waals surface area contributed by atoms with Crippen LogP contribution in [0.5, 0.6) is 0 Å². The summed E-state index contributed by atoms with van der Waals surface area (Å²) in [7, 11) is -3.52. The van der Waals surface area contributed by atoms with E-state index in [0.29, 0.717) is 5.13 Å². The minimum Gasteiger partial charge on any atom is -0.255 e. The van der Waals surface area contributed by atoms with Crippen molar-refractivity contribution in [2.45, 2.75) is 24.7 Å². The van der Waals surface area contributed by atoms with Gasteiger partial charge in [-0.05, 0) is 24.1 Å². The van der Waals surface area contributed by atoms with E-state index in [1.807, 2.05) is 12.1 Å². The Hall–Kier alpha value is -1.40. The number of aryl methyl sites for hydroxylation is 1. The van der Waals surface area contributed by atoms with Gasteiger partial charge >= 0.3 is 0 Å². The Kier molecular flexibility index (Phi) is 3.98. The summed E-state index contributed by atoms with van der Waals surface area (Å²) < 4.78 is 26.5. The molecule has 18 heavy (non-hydrogen) atoms. The summed E-state index contributed by atoms with van der Waals surface area (Å²) in [5.41, 5.74) is 1.14. The smallest absolute Gasteiger partial charge is 0.255 e. The van der Waals surface area contributed by atoms with Crippen LogP contribution in [0.2, 0.25) is 0 Å². The molecular formula is C12H14N2O2S2. The maximum absolute atomic E-state index is 12.0. The molecule has 6 heteroatoms. The summed E-state index contributed by atoms with van der Waals surface area (Å²) >= 11 is 1.25. The summed E-state index contributed by atoms with van der Waals surface area (Å²) in [4.78, 5) is 4.16. The molecule has 0 saturated carbocycles. The third-order valence-corrected chi connectivity index (χ3v) is 4.60. The van der Waals surface area contributed by atoms with Crippen LogP contribution in [0.15, 0.2) is 40.7 Å². The summed E-state index contributed by atoms with van der Waals surface area (Å²) in [6.45, 7) is 2.09. The molecular weight excluding hydrogens is 268 g/mol. The van der Waals surface area contributed by atoms with Gasteiger partial charge in [-0.3, -0.25) is 4.72 Å². The second-order valence-corrected chi connectivity index (χ2v) is 6.41. The minimum atomic E-state index is -3.52. The van der Waals surface area contributed by atoms with Gasteiger partial charge in [0.05, 0.1) is 4.90 Å². The Morgan fingerprint density at radius 1 is 1.28 bits per heavy atom. The van der Waals surface area contributed by atoms with Gasteiger partial charge in [0.1, 0.15) is 0 Å². The normalized spacial score (nSPS) is 11.4. The fraction of sp³-hybridized carbons (Fsp3) is 0.250. The molecule has 0 aliphatic heterocycles. The van der Waals surface area contributed by atoms with Crippen molar-refractivity contribution >= 4 is 26.5 Å². The molecule has 0 radical (unpaired) electrons. The SMILES string of the molecule is CCCc1ccc(S(=O)(=O)Nc2nccs2)cc1. The lowest BCUT2D eigenvalue weighted by Crippen LogP contribution is -2.12. The second-order valence-electron chi connectivity index (χ2n) is 3.84. The molecule has 1 N–H and O–H groups in total. The first-order valence-corrected chi connectivity index (χ1v) is 7.99. The molecule has 1 heterocycles. The quantitative estimate of drug-likeness (QED) is 0.917. The summed E-state index contributed by atoms with van der Waals surface area (Å²) in [6.07, 6.45) is 3.57. The van der Waals surface area contributed by atoms with E-state index in [9.17, 15) is 8.42 Å². The predicted octanol–water partition coefficient (Wildman–Crippen LogP) is 2.90. The van der Waals surface area contributed by atoms with Crippen LogP contribution >= 0.6 is 11.3 Å². The summed E-state index contributed by atoms with van der Waals surface area (Å²) in [6, 6.07) is 6.95. The van der Waals surface area contributed by atoms with Crippen molar-refractivity contribution in [3.63, 3.8) is 0 Å². The Morgan fingerprint density at radius 2 is 2.00 bits per heavy atom. The van der Waals surface area contributed by atoms with Crippen molar-refractivity contribution < 1.29 is 8.42 Å². The second kappa shape index (κ2) is 5.49. The average Bonchev–Trinajstić information content (AvgIpc) is 2.82. The number of thiazole rings is 1. The van der Waals surface area contributed by atoms with Crippen molar-refractivity contribution in [2.24, 2.45) is 0 Å². The third kappa shape index (κ3) is 3.08. The Morgan fingerprint density at radius 3 is 2.56 bits per heavy atom. The Balaban J connectivity index is 2.19. The molecule has 2 aromatic rings. The zero-order chi connectivity index (χ0) is 13.0. The lowest BCUT2D eigenvalue weighted by Gasteiger charge is -2.06. The molecule has 4 nitrogen and oxygen atoms in total. The number of hydrogen-bond acceptors (Lipinski definition) is 4. The van der Waals surface area contributed by atoms with Crippen LogP contribution in [0.3, 0.4) is 0 Å². The maximum Gasteiger partial charge on any atom is 0.263 e. The highest BCUT2D eigenvalue weighted by Crippen LogP contribution is 2.18. The van der Waals surface area contributed by atoms with Gasteiger partial charge in [0.15, 0.2) is 5.13 Å². The third-order valence-electron chi connectivity index (χ3n) is 2.43. The zero-order valence-electron chi connectivity index (χ0n) is 9.96. The van der Waals surface area contributed by atoms with Crippen LogP contribution in [0.25, 0.3) is 0 Å². The van der Waals surface area contributed by atoms with Gasteiger partial charge in [-0.2, -0.15) is 0 Å². The Labute approximate surface area is 111 Å². The van der Waals surface area contributed by atoms with Crippen LogP contribution < -0.4 is 4.72 Å². The largest absolute Gasteiger partial charge is 0.263 e. The van der Waals surface area contributed by atoms with Crippen molar-refractivity contribution in [3.05, 3.63) is 41.4 Å². The highest BCUT2D eigenvalue weighted by atomic mass is 32.2. The molecule has 96 valence electrons. The van der Waals surface area contributed by atoms with E-state index in [-0.39, 0.29) is 4.90 Å². The number of benzene rings is 1. The van der Waals surface area contributed by atoms with E-state index >= 15 is 0 Å². The van der Waals surface area contributed by atoms with E-state index in [0.717, 1.165) is 18.4 Å². The van der Waals surface area contributed by atoms with Crippen molar-refractivity contribution in [1.82, 2.24) is 4.98 Å². The molecule has 1 aromatic heterocycles. The number of sulfonamides is 1. The molecule has 0 bridgehead atoms. The minimum absolute atomic E-state index is 0.262. The van der Waals surface area contributed by atoms with Crippen LogP contribution in [0, 0.1) is 0 Å². The van der Waals surface area contributed by atoms with Gasteiger partial charge in [-0.1, -0.05) is 25.5 Å². The first-order valence-electron chi connectivity index (χ1n) is 5.63. The van der Waals surface area contributed by atoms with Crippen LogP contribution in [0.4, 0.5) is 5.13 Å². The molecule has 0 saturated heterocycles. The van der Waals surface area contributed by atoms with E-state index < -0.39 is 10.0 Å². The highest BCUT2D eigenvalue weighted by molar-refractivity contribution is 7.93. The summed E-state index contributed by atoms with van der Waals surface area (Å²) in [5, 5.41) is 2.11. The average molecular weight is 282 g/mol. The van der Waals surface area contributed by atoms with Crippen LogP contribution in [0.1, 0.15) is 18.9 Å². The lowest BCUT2D eigenvalue weighted by atomic mass is 10.1. The molecule has 0 aliphatic rings. The fourth-order valence-electron chi connectivity index (χ4n) is 1.57. The summed E-state index contributed by atoms with van der Waals surface area (Å²) in [5.74, 6) is 0. The van der Waals surface area contributed by atoms with E-state index in [1.54, 1.807) is 23.7 Å². The topological polar surface area (TPSA) is 59.1 Å². The number of aromatic nitrogens is 1. The van der Waals surface area contributed by atoms with E-state index in [1.165, 1.54) is 11.3 Å². The molecule has 0 fully saturated rings. The van der Waals surface area contributed by atoms with Crippen molar-refractivity contribution in [2.75, 3.05) is 4.72 Å². The first-order chi connectivity index (χ1) is 8.62. The first kappa shape index (κ1) is 13.0. The van der Waals surface area contributed by atoms with Crippen molar-refractivity contribution in [3.8, 4) is 0 Å². The molecule has 0 spiro atoms. The van der Waals surface area contributed by atoms with Gasteiger partial charge in [0, 0.05) is 11.6 Å². The number of rotatable bonds is 5. The van der Waals surface area contributed by atoms with Gasteiger partial charge in [0.25, 0.3) is 10.0 Å². The molecule has 2 rings (SSSR count). The van der Waals surface area contributed by atoms with Gasteiger partial charge in [-0.15, -0.1) is 11.3 Å². The fourth-order valence-corrected chi connectivity index (χ4v) is 3.36. The molecule has 0 atom stereocenters. The Bertz CT molecular complexity index is 590. The van der Waals surface area contributed by atoms with Gasteiger partial charge in [-0.25, -0.2) is 13.4 Å². The van der Waals surface area contributed by atoms with E-state index in [4.69, 9.17) is 0 Å². The van der Waals surface area contributed by atoms with Crippen LogP contribution in [-0.2, 0) is 16.4 Å². The van der Waals surface area contributed by atoms with Gasteiger partial charge in [0.2, 0.25) is 0 Å². The number of hydrogen-bond donors (Lipinski definition) is 1. The molecule has 0 unspecified atom stereocenters. The monoisotopic (exact) mass is 282 g/mol. The lowest BCUT2D eigenvalue weighted by molar-refractivity contribution is 0.601. The molecule has 0 aliphatic carbocycles. The number of nitrogens with one attached hydrogen (secondary N) is 1. The standard InChI is InChI=1S/C12H14N2O2S2/c1-2-3-10-4-6-11(7-5-10)18(15,16)14-12-13-8-9-17-12/h4-9H,2-3H2,1H3,(H,13,14). The highest BCUT2D eigenvalue weighted by Gasteiger charge is 2.14. The molecule has 0 amide bonds. The van der Waals surface area contributed by atoms with E-state index in [2.05, 4.69) is 16.6 Å².